The molecule has 0 saturated heterocycles. The Morgan fingerprint density at radius 2 is 1.79 bits per heavy atom. The van der Waals surface area contributed by atoms with Crippen molar-refractivity contribution in [2.75, 3.05) is 10.6 Å². The molecule has 1 amide bonds. The SMILES string of the molecule is O=C(O)CC1CCCC(c2ccc(NC(=O)c3nnc(Nc4ccc(F)c(F)c4)o3)cc2)C1. The van der Waals surface area contributed by atoms with Crippen molar-refractivity contribution in [3.05, 3.63) is 65.6 Å². The van der Waals surface area contributed by atoms with Crippen molar-refractivity contribution in [2.45, 2.75) is 38.0 Å². The van der Waals surface area contributed by atoms with Crippen LogP contribution in [0.1, 0.15) is 54.3 Å². The van der Waals surface area contributed by atoms with Gasteiger partial charge in [-0.05, 0) is 60.9 Å². The van der Waals surface area contributed by atoms with E-state index in [4.69, 9.17) is 9.52 Å². The van der Waals surface area contributed by atoms with Gasteiger partial charge in [-0.1, -0.05) is 23.7 Å². The number of hydrogen-bond acceptors (Lipinski definition) is 6. The normalized spacial score (nSPS) is 18.0. The molecule has 33 heavy (non-hydrogen) atoms. The summed E-state index contributed by atoms with van der Waals surface area (Å²) in [5.74, 6) is -3.21. The van der Waals surface area contributed by atoms with Crippen molar-refractivity contribution in [2.24, 2.45) is 5.92 Å². The zero-order valence-electron chi connectivity index (χ0n) is 17.6. The summed E-state index contributed by atoms with van der Waals surface area (Å²) in [7, 11) is 0. The maximum Gasteiger partial charge on any atom is 0.320 e. The van der Waals surface area contributed by atoms with Crippen molar-refractivity contribution in [1.82, 2.24) is 10.2 Å². The summed E-state index contributed by atoms with van der Waals surface area (Å²) in [5.41, 5.74) is 1.84. The first kappa shape index (κ1) is 22.4. The quantitative estimate of drug-likeness (QED) is 0.453. The molecule has 1 saturated carbocycles. The average Bonchev–Trinajstić information content (AvgIpc) is 3.25. The molecule has 8 nitrogen and oxygen atoms in total. The van der Waals surface area contributed by atoms with Crippen LogP contribution in [0.4, 0.5) is 26.2 Å². The number of carboxylic acids is 1. The third-order valence-electron chi connectivity index (χ3n) is 5.68. The molecule has 1 heterocycles. The molecular weight excluding hydrogens is 434 g/mol. The highest BCUT2D eigenvalue weighted by atomic mass is 19.2. The van der Waals surface area contributed by atoms with Crippen LogP contribution in [0.3, 0.4) is 0 Å². The molecule has 4 rings (SSSR count). The van der Waals surface area contributed by atoms with Gasteiger partial charge in [0.1, 0.15) is 0 Å². The minimum absolute atomic E-state index is 0.144. The minimum atomic E-state index is -1.04. The summed E-state index contributed by atoms with van der Waals surface area (Å²) in [4.78, 5) is 23.4. The van der Waals surface area contributed by atoms with E-state index in [1.165, 1.54) is 6.07 Å². The van der Waals surface area contributed by atoms with E-state index in [-0.39, 0.29) is 29.9 Å². The summed E-state index contributed by atoms with van der Waals surface area (Å²) in [6, 6.07) is 10.4. The predicted octanol–water partition coefficient (Wildman–Crippen LogP) is 5.09. The molecule has 0 bridgehead atoms. The highest BCUT2D eigenvalue weighted by Gasteiger charge is 2.25. The number of anilines is 3. The van der Waals surface area contributed by atoms with Crippen molar-refractivity contribution in [3.63, 3.8) is 0 Å². The van der Waals surface area contributed by atoms with Crippen LogP contribution in [0.5, 0.6) is 0 Å². The number of aromatic nitrogens is 2. The van der Waals surface area contributed by atoms with E-state index < -0.39 is 23.5 Å². The summed E-state index contributed by atoms with van der Waals surface area (Å²) < 4.78 is 31.6. The molecule has 2 unspecified atom stereocenters. The van der Waals surface area contributed by atoms with Gasteiger partial charge in [0.2, 0.25) is 0 Å². The fourth-order valence-electron chi connectivity index (χ4n) is 4.11. The molecule has 10 heteroatoms. The molecule has 0 radical (unpaired) electrons. The van der Waals surface area contributed by atoms with Gasteiger partial charge in [0.05, 0.1) is 0 Å². The predicted molar refractivity (Wildman–Crippen MR) is 115 cm³/mol. The number of halogens is 2. The van der Waals surface area contributed by atoms with E-state index >= 15 is 0 Å². The number of nitrogens with zero attached hydrogens (tertiary/aromatic N) is 2. The largest absolute Gasteiger partial charge is 0.481 e. The standard InChI is InChI=1S/C23H22F2N4O4/c24-18-9-8-17(12-19(18)25)27-23-29-28-22(33-23)21(32)26-16-6-4-14(5-7-16)15-3-1-2-13(10-15)11-20(30)31/h4-9,12-13,15H,1-3,10-11H2,(H,26,32)(H,27,29)(H,30,31). The number of carboxylic acid groups (broad SMARTS) is 1. The van der Waals surface area contributed by atoms with E-state index in [0.29, 0.717) is 11.6 Å². The number of carbonyl (C=O) groups excluding carboxylic acids is 1. The number of benzene rings is 2. The highest BCUT2D eigenvalue weighted by molar-refractivity contribution is 6.00. The number of carbonyl (C=O) groups is 2. The van der Waals surface area contributed by atoms with Crippen LogP contribution in [0.15, 0.2) is 46.9 Å². The summed E-state index contributed by atoms with van der Waals surface area (Å²) >= 11 is 0. The molecule has 2 atom stereocenters. The second-order valence-electron chi connectivity index (χ2n) is 8.07. The smallest absolute Gasteiger partial charge is 0.320 e. The summed E-state index contributed by atoms with van der Waals surface area (Å²) in [6.45, 7) is 0. The Balaban J connectivity index is 1.35. The van der Waals surface area contributed by atoms with Gasteiger partial charge in [0.15, 0.2) is 11.6 Å². The molecular formula is C23H22F2N4O4. The molecule has 0 spiro atoms. The fourth-order valence-corrected chi connectivity index (χ4v) is 4.11. The van der Waals surface area contributed by atoms with Gasteiger partial charge in [-0.15, -0.1) is 5.10 Å². The topological polar surface area (TPSA) is 117 Å². The molecule has 1 aliphatic carbocycles. The van der Waals surface area contributed by atoms with E-state index in [1.807, 2.05) is 12.1 Å². The van der Waals surface area contributed by atoms with E-state index in [2.05, 4.69) is 20.8 Å². The van der Waals surface area contributed by atoms with Crippen molar-refractivity contribution < 1.29 is 27.9 Å². The van der Waals surface area contributed by atoms with Crippen molar-refractivity contribution in [1.29, 1.82) is 0 Å². The van der Waals surface area contributed by atoms with Crippen LogP contribution in [0, 0.1) is 17.6 Å². The van der Waals surface area contributed by atoms with Gasteiger partial charge >= 0.3 is 23.8 Å². The first-order chi connectivity index (χ1) is 15.9. The van der Waals surface area contributed by atoms with Gasteiger partial charge in [0.25, 0.3) is 0 Å². The Morgan fingerprint density at radius 3 is 2.52 bits per heavy atom. The Hall–Kier alpha value is -3.82. The third-order valence-corrected chi connectivity index (χ3v) is 5.68. The monoisotopic (exact) mass is 456 g/mol. The van der Waals surface area contributed by atoms with E-state index in [0.717, 1.165) is 43.4 Å². The van der Waals surface area contributed by atoms with Gasteiger partial charge in [-0.3, -0.25) is 9.59 Å². The first-order valence-electron chi connectivity index (χ1n) is 10.6. The van der Waals surface area contributed by atoms with E-state index in [9.17, 15) is 18.4 Å². The van der Waals surface area contributed by atoms with Crippen LogP contribution in [0.2, 0.25) is 0 Å². The lowest BCUT2D eigenvalue weighted by Crippen LogP contribution is -2.17. The number of nitrogens with one attached hydrogen (secondary N) is 2. The van der Waals surface area contributed by atoms with Crippen molar-refractivity contribution >= 4 is 29.3 Å². The Morgan fingerprint density at radius 1 is 1.03 bits per heavy atom. The van der Waals surface area contributed by atoms with Crippen LogP contribution in [0.25, 0.3) is 0 Å². The Bertz CT molecular complexity index is 1150. The third kappa shape index (κ3) is 5.71. The van der Waals surface area contributed by atoms with Gasteiger partial charge in [0, 0.05) is 23.9 Å². The maximum atomic E-state index is 13.3. The molecule has 2 aromatic carbocycles. The summed E-state index contributed by atoms with van der Waals surface area (Å²) in [5, 5.41) is 21.7. The van der Waals surface area contributed by atoms with Gasteiger partial charge in [-0.2, -0.15) is 0 Å². The number of amides is 1. The second kappa shape index (κ2) is 9.76. The molecule has 1 aliphatic rings. The van der Waals surface area contributed by atoms with Crippen LogP contribution in [-0.2, 0) is 4.79 Å². The lowest BCUT2D eigenvalue weighted by Gasteiger charge is -2.28. The Labute approximate surface area is 188 Å². The highest BCUT2D eigenvalue weighted by Crippen LogP contribution is 2.37. The average molecular weight is 456 g/mol. The second-order valence-corrected chi connectivity index (χ2v) is 8.07. The lowest BCUT2D eigenvalue weighted by molar-refractivity contribution is -0.138. The zero-order valence-corrected chi connectivity index (χ0v) is 17.6. The molecule has 3 aromatic rings. The van der Waals surface area contributed by atoms with Gasteiger partial charge < -0.3 is 20.2 Å². The minimum Gasteiger partial charge on any atom is -0.481 e. The molecule has 172 valence electrons. The zero-order chi connectivity index (χ0) is 23.4. The van der Waals surface area contributed by atoms with Gasteiger partial charge in [-0.25, -0.2) is 8.78 Å². The molecule has 1 fully saturated rings. The van der Waals surface area contributed by atoms with Crippen LogP contribution >= 0.6 is 0 Å². The first-order valence-corrected chi connectivity index (χ1v) is 10.6. The van der Waals surface area contributed by atoms with Crippen LogP contribution < -0.4 is 10.6 Å². The number of hydrogen-bond donors (Lipinski definition) is 3. The number of rotatable bonds is 7. The molecule has 1 aromatic heterocycles. The Kier molecular flexibility index (Phi) is 6.62. The van der Waals surface area contributed by atoms with Crippen LogP contribution in [-0.4, -0.2) is 27.2 Å². The van der Waals surface area contributed by atoms with Crippen molar-refractivity contribution in [3.8, 4) is 0 Å². The fraction of sp³-hybridized carbons (Fsp3) is 0.304. The number of aliphatic carboxylic acids is 1. The summed E-state index contributed by atoms with van der Waals surface area (Å²) in [6.07, 6.45) is 3.99. The van der Waals surface area contributed by atoms with E-state index in [1.54, 1.807) is 12.1 Å². The maximum absolute atomic E-state index is 13.3. The lowest BCUT2D eigenvalue weighted by atomic mass is 9.77. The molecule has 0 aliphatic heterocycles. The molecule has 3 N–H and O–H groups in total.